The number of amides is 1. The van der Waals surface area contributed by atoms with Crippen molar-refractivity contribution < 1.29 is 18.0 Å². The van der Waals surface area contributed by atoms with Gasteiger partial charge in [-0.25, -0.2) is 13.2 Å². The number of rotatable bonds is 2. The molecule has 0 aliphatic carbocycles. The summed E-state index contributed by atoms with van der Waals surface area (Å²) in [5.41, 5.74) is -1.26. The fourth-order valence-electron chi connectivity index (χ4n) is 2.13. The van der Waals surface area contributed by atoms with Crippen molar-refractivity contribution in [1.29, 1.82) is 0 Å². The molecule has 1 aliphatic rings. The van der Waals surface area contributed by atoms with Gasteiger partial charge in [0.25, 0.3) is 0 Å². The van der Waals surface area contributed by atoms with Gasteiger partial charge in [-0.15, -0.1) is 0 Å². The molecule has 0 atom stereocenters. The van der Waals surface area contributed by atoms with Crippen LogP contribution in [-0.2, 0) is 4.79 Å². The third-order valence-electron chi connectivity index (χ3n) is 3.50. The molecule has 0 unspecified atom stereocenters. The smallest absolute Gasteiger partial charge is 0.230 e. The average molecular weight is 272 g/mol. The van der Waals surface area contributed by atoms with Crippen LogP contribution in [0.5, 0.6) is 0 Å². The van der Waals surface area contributed by atoms with E-state index >= 15 is 0 Å². The summed E-state index contributed by atoms with van der Waals surface area (Å²) in [5, 5.41) is 5.34. The second-order valence-electron chi connectivity index (χ2n) is 5.01. The molecule has 2 rings (SSSR count). The predicted octanol–water partition coefficient (Wildman–Crippen LogP) is 2.43. The molecule has 0 spiro atoms. The minimum Gasteiger partial charge on any atom is -0.321 e. The SMILES string of the molecule is CC1(C(=O)Nc2c(F)cc(F)cc2F)CCNCC1. The molecule has 0 bridgehead atoms. The summed E-state index contributed by atoms with van der Waals surface area (Å²) in [4.78, 5) is 12.1. The van der Waals surface area contributed by atoms with Crippen LogP contribution < -0.4 is 10.6 Å². The molecule has 1 aliphatic heterocycles. The van der Waals surface area contributed by atoms with Gasteiger partial charge < -0.3 is 10.6 Å². The third-order valence-corrected chi connectivity index (χ3v) is 3.50. The zero-order valence-electron chi connectivity index (χ0n) is 10.5. The van der Waals surface area contributed by atoms with E-state index in [9.17, 15) is 18.0 Å². The highest BCUT2D eigenvalue weighted by molar-refractivity contribution is 5.95. The molecule has 0 aromatic heterocycles. The van der Waals surface area contributed by atoms with Crippen molar-refractivity contribution in [3.8, 4) is 0 Å². The molecule has 1 fully saturated rings. The van der Waals surface area contributed by atoms with Crippen molar-refractivity contribution in [3.05, 3.63) is 29.6 Å². The normalized spacial score (nSPS) is 18.1. The summed E-state index contributed by atoms with van der Waals surface area (Å²) in [6, 6.07) is 1.09. The molecule has 2 N–H and O–H groups in total. The Kier molecular flexibility index (Phi) is 3.80. The van der Waals surface area contributed by atoms with E-state index in [4.69, 9.17) is 0 Å². The molecule has 0 radical (unpaired) electrons. The fraction of sp³-hybridized carbons (Fsp3) is 0.462. The fourth-order valence-corrected chi connectivity index (χ4v) is 2.13. The largest absolute Gasteiger partial charge is 0.321 e. The van der Waals surface area contributed by atoms with E-state index < -0.39 is 34.5 Å². The number of carbonyl (C=O) groups excluding carboxylic acids is 1. The minimum absolute atomic E-state index is 0.446. The van der Waals surface area contributed by atoms with Crippen LogP contribution in [-0.4, -0.2) is 19.0 Å². The van der Waals surface area contributed by atoms with Crippen LogP contribution in [0.1, 0.15) is 19.8 Å². The van der Waals surface area contributed by atoms with Gasteiger partial charge in [-0.1, -0.05) is 6.92 Å². The van der Waals surface area contributed by atoms with E-state index in [0.29, 0.717) is 38.1 Å². The molecule has 1 aromatic rings. The number of halogens is 3. The van der Waals surface area contributed by atoms with Gasteiger partial charge in [-0.2, -0.15) is 0 Å². The number of benzene rings is 1. The van der Waals surface area contributed by atoms with Crippen LogP contribution >= 0.6 is 0 Å². The first kappa shape index (κ1) is 13.9. The lowest BCUT2D eigenvalue weighted by Crippen LogP contribution is -2.43. The Morgan fingerprint density at radius 1 is 1.21 bits per heavy atom. The first-order valence-electron chi connectivity index (χ1n) is 6.09. The molecule has 1 saturated heterocycles. The number of anilines is 1. The van der Waals surface area contributed by atoms with Crippen LogP contribution in [0.15, 0.2) is 12.1 Å². The zero-order valence-corrected chi connectivity index (χ0v) is 10.5. The number of hydrogen-bond donors (Lipinski definition) is 2. The summed E-state index contributed by atoms with van der Waals surface area (Å²) in [5.74, 6) is -3.67. The van der Waals surface area contributed by atoms with Crippen molar-refractivity contribution in [1.82, 2.24) is 5.32 Å². The van der Waals surface area contributed by atoms with E-state index in [1.165, 1.54) is 0 Å². The number of piperidine rings is 1. The standard InChI is InChI=1S/C13H15F3N2O/c1-13(2-4-17-5-3-13)12(19)18-11-9(15)6-8(14)7-10(11)16/h6-7,17H,2-5H2,1H3,(H,18,19). The van der Waals surface area contributed by atoms with Gasteiger partial charge in [0.05, 0.1) is 0 Å². The maximum atomic E-state index is 13.5. The molecule has 6 heteroatoms. The van der Waals surface area contributed by atoms with Crippen molar-refractivity contribution in [3.63, 3.8) is 0 Å². The highest BCUT2D eigenvalue weighted by Crippen LogP contribution is 2.30. The van der Waals surface area contributed by atoms with E-state index in [0.717, 1.165) is 0 Å². The van der Waals surface area contributed by atoms with Crippen LogP contribution in [0.4, 0.5) is 18.9 Å². The van der Waals surface area contributed by atoms with E-state index in [1.807, 2.05) is 0 Å². The van der Waals surface area contributed by atoms with E-state index in [-0.39, 0.29) is 0 Å². The lowest BCUT2D eigenvalue weighted by Gasteiger charge is -2.32. The monoisotopic (exact) mass is 272 g/mol. The predicted molar refractivity (Wildman–Crippen MR) is 65.2 cm³/mol. The van der Waals surface area contributed by atoms with Crippen molar-refractivity contribution in [2.24, 2.45) is 5.41 Å². The van der Waals surface area contributed by atoms with E-state index in [1.54, 1.807) is 6.92 Å². The minimum atomic E-state index is -1.11. The molecular formula is C13H15F3N2O. The first-order valence-corrected chi connectivity index (χ1v) is 6.09. The molecule has 1 aromatic carbocycles. The van der Waals surface area contributed by atoms with Gasteiger partial charge in [0.2, 0.25) is 5.91 Å². The van der Waals surface area contributed by atoms with Gasteiger partial charge in [-0.05, 0) is 25.9 Å². The molecule has 1 amide bonds. The van der Waals surface area contributed by atoms with Crippen LogP contribution in [0, 0.1) is 22.9 Å². The molecule has 3 nitrogen and oxygen atoms in total. The van der Waals surface area contributed by atoms with Gasteiger partial charge in [0, 0.05) is 17.5 Å². The van der Waals surface area contributed by atoms with Crippen molar-refractivity contribution in [2.45, 2.75) is 19.8 Å². The third kappa shape index (κ3) is 2.89. The van der Waals surface area contributed by atoms with Crippen LogP contribution in [0.3, 0.4) is 0 Å². The van der Waals surface area contributed by atoms with Gasteiger partial charge >= 0.3 is 0 Å². The number of hydrogen-bond acceptors (Lipinski definition) is 2. The van der Waals surface area contributed by atoms with Crippen LogP contribution in [0.2, 0.25) is 0 Å². The first-order chi connectivity index (χ1) is 8.92. The van der Waals surface area contributed by atoms with Crippen LogP contribution in [0.25, 0.3) is 0 Å². The Bertz CT molecular complexity index is 476. The maximum Gasteiger partial charge on any atom is 0.230 e. The average Bonchev–Trinajstić information content (AvgIpc) is 2.34. The summed E-state index contributed by atoms with van der Waals surface area (Å²) >= 11 is 0. The highest BCUT2D eigenvalue weighted by Gasteiger charge is 2.35. The Balaban J connectivity index is 2.19. The maximum absolute atomic E-state index is 13.5. The Labute approximate surface area is 109 Å². The summed E-state index contributed by atoms with van der Waals surface area (Å²) in [6.45, 7) is 3.11. The second-order valence-corrected chi connectivity index (χ2v) is 5.01. The Morgan fingerprint density at radius 2 is 1.74 bits per heavy atom. The van der Waals surface area contributed by atoms with Gasteiger partial charge in [0.15, 0.2) is 11.6 Å². The van der Waals surface area contributed by atoms with Crippen molar-refractivity contribution >= 4 is 11.6 Å². The Morgan fingerprint density at radius 3 is 2.26 bits per heavy atom. The topological polar surface area (TPSA) is 41.1 Å². The second kappa shape index (κ2) is 5.21. The van der Waals surface area contributed by atoms with Gasteiger partial charge in [-0.3, -0.25) is 4.79 Å². The molecule has 0 saturated carbocycles. The Hall–Kier alpha value is -1.56. The molecule has 104 valence electrons. The van der Waals surface area contributed by atoms with E-state index in [2.05, 4.69) is 10.6 Å². The number of carbonyl (C=O) groups is 1. The molecular weight excluding hydrogens is 257 g/mol. The summed E-state index contributed by atoms with van der Waals surface area (Å²) in [6.07, 6.45) is 1.17. The quantitative estimate of drug-likeness (QED) is 0.868. The highest BCUT2D eigenvalue weighted by atomic mass is 19.1. The lowest BCUT2D eigenvalue weighted by atomic mass is 9.80. The van der Waals surface area contributed by atoms with Gasteiger partial charge in [0.1, 0.15) is 11.5 Å². The summed E-state index contributed by atoms with van der Waals surface area (Å²) < 4.78 is 39.7. The lowest BCUT2D eigenvalue weighted by molar-refractivity contribution is -0.126. The summed E-state index contributed by atoms with van der Waals surface area (Å²) in [7, 11) is 0. The number of nitrogens with one attached hydrogen (secondary N) is 2. The van der Waals surface area contributed by atoms with Crippen molar-refractivity contribution in [2.75, 3.05) is 18.4 Å². The zero-order chi connectivity index (χ0) is 14.0. The molecule has 19 heavy (non-hydrogen) atoms. The molecule has 1 heterocycles.